The smallest absolute Gasteiger partial charge is 0.340 e. The molecule has 3 rings (SSSR count). The van der Waals surface area contributed by atoms with E-state index in [-0.39, 0.29) is 5.91 Å². The lowest BCUT2D eigenvalue weighted by Gasteiger charge is -2.37. The van der Waals surface area contributed by atoms with Gasteiger partial charge in [-0.15, -0.1) is 0 Å². The van der Waals surface area contributed by atoms with Crippen molar-refractivity contribution in [1.29, 1.82) is 0 Å². The van der Waals surface area contributed by atoms with Gasteiger partial charge in [0.25, 0.3) is 0 Å². The maximum Gasteiger partial charge on any atom is 0.340 e. The first kappa shape index (κ1) is 17.7. The Labute approximate surface area is 151 Å². The summed E-state index contributed by atoms with van der Waals surface area (Å²) in [7, 11) is 1.33. The molecule has 0 aromatic carbocycles. The molecule has 0 saturated heterocycles. The van der Waals surface area contributed by atoms with Crippen LogP contribution in [0.3, 0.4) is 0 Å². The summed E-state index contributed by atoms with van der Waals surface area (Å²) in [6.07, 6.45) is 5.61. The van der Waals surface area contributed by atoms with Crippen molar-refractivity contribution in [2.75, 3.05) is 13.7 Å². The second-order valence-corrected chi connectivity index (χ2v) is 8.20. The van der Waals surface area contributed by atoms with Crippen molar-refractivity contribution in [3.05, 3.63) is 45.7 Å². The Kier molecular flexibility index (Phi) is 4.23. The predicted molar refractivity (Wildman–Crippen MR) is 96.0 cm³/mol. The number of hydrogen-bond donors (Lipinski definition) is 2. The van der Waals surface area contributed by atoms with Crippen molar-refractivity contribution < 1.29 is 19.1 Å². The molecule has 25 heavy (non-hydrogen) atoms. The molecule has 0 fully saturated rings. The van der Waals surface area contributed by atoms with Crippen molar-refractivity contribution in [1.82, 2.24) is 10.0 Å². The minimum atomic E-state index is -1.01. The Bertz CT molecular complexity index is 770. The van der Waals surface area contributed by atoms with Gasteiger partial charge in [-0.1, -0.05) is 32.9 Å². The molecule has 0 radical (unpaired) electrons. The van der Waals surface area contributed by atoms with Crippen molar-refractivity contribution in [3.8, 4) is 0 Å². The third-order valence-electron chi connectivity index (χ3n) is 4.32. The van der Waals surface area contributed by atoms with Crippen LogP contribution >= 0.6 is 11.9 Å². The highest BCUT2D eigenvalue weighted by molar-refractivity contribution is 8.01. The van der Waals surface area contributed by atoms with Crippen LogP contribution in [-0.2, 0) is 19.1 Å². The number of allylic oxidation sites excluding steroid dienone is 1. The van der Waals surface area contributed by atoms with E-state index in [1.165, 1.54) is 19.1 Å². The number of methoxy groups -OCH3 is 1. The third kappa shape index (κ3) is 2.97. The van der Waals surface area contributed by atoms with Gasteiger partial charge in [-0.3, -0.25) is 4.79 Å². The van der Waals surface area contributed by atoms with Crippen molar-refractivity contribution in [2.45, 2.75) is 33.2 Å². The van der Waals surface area contributed by atoms with Crippen LogP contribution in [0.5, 0.6) is 0 Å². The number of esters is 1. The second-order valence-electron chi connectivity index (χ2n) is 7.36. The first-order valence-electron chi connectivity index (χ1n) is 8.01. The molecule has 2 heterocycles. The molecular weight excluding hydrogens is 340 g/mol. The summed E-state index contributed by atoms with van der Waals surface area (Å²) < 4.78 is 14.0. The van der Waals surface area contributed by atoms with Gasteiger partial charge >= 0.3 is 5.97 Å². The lowest BCUT2D eigenvalue weighted by Crippen LogP contribution is -2.53. The van der Waals surface area contributed by atoms with Crippen molar-refractivity contribution in [2.24, 2.45) is 5.41 Å². The monoisotopic (exact) mass is 362 g/mol. The molecule has 0 aromatic rings. The number of fused-ring (bicyclic) bond motifs is 2. The Balaban J connectivity index is 2.11. The minimum absolute atomic E-state index is 0.161. The summed E-state index contributed by atoms with van der Waals surface area (Å²) >= 11 is 1.48. The number of carbonyl (C=O) groups is 2. The molecule has 3 aliphatic rings. The van der Waals surface area contributed by atoms with Crippen molar-refractivity contribution >= 4 is 23.8 Å². The van der Waals surface area contributed by atoms with E-state index < -0.39 is 16.9 Å². The summed E-state index contributed by atoms with van der Waals surface area (Å²) in [6.45, 7) is 7.62. The number of nitrogens with one attached hydrogen (secondary N) is 2. The average molecular weight is 362 g/mol. The molecule has 6 nitrogen and oxygen atoms in total. The predicted octanol–water partition coefficient (Wildman–Crippen LogP) is 2.32. The summed E-state index contributed by atoms with van der Waals surface area (Å²) in [5.74, 6) is -0.210. The van der Waals surface area contributed by atoms with E-state index in [2.05, 4.69) is 10.0 Å². The first-order valence-corrected chi connectivity index (χ1v) is 8.83. The Morgan fingerprint density at radius 2 is 2.12 bits per heavy atom. The fourth-order valence-corrected chi connectivity index (χ4v) is 3.66. The summed E-state index contributed by atoms with van der Waals surface area (Å²) in [4.78, 5) is 26.1. The van der Waals surface area contributed by atoms with Crippen LogP contribution in [-0.4, -0.2) is 31.1 Å². The largest absolute Gasteiger partial charge is 0.487 e. The Hall–Kier alpha value is -2.15. The Morgan fingerprint density at radius 3 is 2.76 bits per heavy atom. The van der Waals surface area contributed by atoms with E-state index in [1.807, 2.05) is 39.1 Å². The number of carbonyl (C=O) groups excluding carboxylic acids is 2. The van der Waals surface area contributed by atoms with Gasteiger partial charge in [0.2, 0.25) is 5.91 Å². The molecule has 0 bridgehead atoms. The van der Waals surface area contributed by atoms with Gasteiger partial charge in [-0.2, -0.15) is 0 Å². The molecule has 7 heteroatoms. The van der Waals surface area contributed by atoms with E-state index in [1.54, 1.807) is 6.92 Å². The molecule has 2 aliphatic heterocycles. The molecule has 1 aliphatic carbocycles. The number of amides is 1. The average Bonchev–Trinajstić information content (AvgIpc) is 3.01. The highest BCUT2D eigenvalue weighted by Crippen LogP contribution is 2.44. The molecule has 1 amide bonds. The molecule has 1 atom stereocenters. The topological polar surface area (TPSA) is 76.7 Å². The summed E-state index contributed by atoms with van der Waals surface area (Å²) in [6, 6.07) is 0. The maximum atomic E-state index is 12.6. The fraction of sp³-hybridized carbons (Fsp3) is 0.444. The van der Waals surface area contributed by atoms with Crippen LogP contribution in [0.15, 0.2) is 45.7 Å². The Morgan fingerprint density at radius 1 is 1.40 bits per heavy atom. The quantitative estimate of drug-likeness (QED) is 0.580. The lowest BCUT2D eigenvalue weighted by molar-refractivity contribution is -0.137. The standard InChI is InChI=1S/C18H22N2O4S/c1-17(2,3)16(22)20-18(4)7-6-11-13(12(18)15(21)23-5)24-9-10-8-19-25-14(10)11/h6-8,19H,9H2,1-5H3,(H,20,22). The van der Waals surface area contributed by atoms with E-state index in [9.17, 15) is 9.59 Å². The lowest BCUT2D eigenvalue weighted by atomic mass is 9.81. The van der Waals surface area contributed by atoms with E-state index >= 15 is 0 Å². The van der Waals surface area contributed by atoms with Gasteiger partial charge in [0.15, 0.2) is 0 Å². The molecule has 1 unspecified atom stereocenters. The normalized spacial score (nSPS) is 24.8. The molecule has 0 aromatic heterocycles. The molecule has 0 saturated carbocycles. The zero-order valence-electron chi connectivity index (χ0n) is 15.0. The molecular formula is C18H22N2O4S. The van der Waals surface area contributed by atoms with Gasteiger partial charge in [0, 0.05) is 27.7 Å². The minimum Gasteiger partial charge on any atom is -0.487 e. The SMILES string of the molecule is COC(=O)C1=C2OCC3=CNSC3=C2C=CC1(C)NC(=O)C(C)(C)C. The molecule has 2 N–H and O–H groups in total. The first-order chi connectivity index (χ1) is 11.7. The van der Waals surface area contributed by atoms with Gasteiger partial charge in [0.05, 0.1) is 12.6 Å². The number of ether oxygens (including phenoxy) is 2. The second kappa shape index (κ2) is 5.98. The summed E-state index contributed by atoms with van der Waals surface area (Å²) in [5.41, 5.74) is 0.588. The van der Waals surface area contributed by atoms with E-state index in [0.717, 1.165) is 16.1 Å². The maximum absolute atomic E-state index is 12.6. The zero-order chi connectivity index (χ0) is 18.4. The van der Waals surface area contributed by atoms with Crippen LogP contribution in [0, 0.1) is 5.41 Å². The van der Waals surface area contributed by atoms with Gasteiger partial charge in [-0.05, 0) is 18.9 Å². The van der Waals surface area contributed by atoms with Crippen LogP contribution in [0.4, 0.5) is 0 Å². The number of hydrogen-bond acceptors (Lipinski definition) is 6. The fourth-order valence-electron chi connectivity index (χ4n) is 2.82. The molecule has 0 spiro atoms. The van der Waals surface area contributed by atoms with Gasteiger partial charge in [0.1, 0.15) is 17.9 Å². The highest BCUT2D eigenvalue weighted by atomic mass is 32.2. The number of rotatable bonds is 2. The van der Waals surface area contributed by atoms with Gasteiger partial charge in [-0.25, -0.2) is 4.79 Å². The van der Waals surface area contributed by atoms with E-state index in [4.69, 9.17) is 9.47 Å². The van der Waals surface area contributed by atoms with Crippen molar-refractivity contribution in [3.63, 3.8) is 0 Å². The third-order valence-corrected chi connectivity index (χ3v) is 5.24. The highest BCUT2D eigenvalue weighted by Gasteiger charge is 2.44. The van der Waals surface area contributed by atoms with E-state index in [0.29, 0.717) is 17.9 Å². The van der Waals surface area contributed by atoms with Crippen LogP contribution in [0.25, 0.3) is 0 Å². The van der Waals surface area contributed by atoms with Crippen LogP contribution < -0.4 is 10.0 Å². The van der Waals surface area contributed by atoms with Gasteiger partial charge < -0.3 is 19.5 Å². The summed E-state index contributed by atoms with van der Waals surface area (Å²) in [5, 5.41) is 2.97. The zero-order valence-corrected chi connectivity index (χ0v) is 15.8. The molecule has 134 valence electrons. The van der Waals surface area contributed by atoms with Crippen LogP contribution in [0.2, 0.25) is 0 Å². The van der Waals surface area contributed by atoms with Crippen LogP contribution in [0.1, 0.15) is 27.7 Å².